The van der Waals surface area contributed by atoms with Crippen LogP contribution >= 0.6 is 12.4 Å². The predicted octanol–water partition coefficient (Wildman–Crippen LogP) is 1.54. The summed E-state index contributed by atoms with van der Waals surface area (Å²) in [6.07, 6.45) is 3.05. The number of benzene rings is 1. The smallest absolute Gasteiger partial charge is 0.269 e. The molecule has 0 aliphatic carbocycles. The third kappa shape index (κ3) is 5.04. The maximum Gasteiger partial charge on any atom is 0.269 e. The lowest BCUT2D eigenvalue weighted by molar-refractivity contribution is -0.384. The Morgan fingerprint density at radius 3 is 2.61 bits per heavy atom. The number of aromatic nitrogens is 2. The number of nitro groups is 1. The minimum Gasteiger partial charge on any atom is -0.351 e. The van der Waals surface area contributed by atoms with Crippen LogP contribution in [-0.4, -0.2) is 40.2 Å². The van der Waals surface area contributed by atoms with Crippen molar-refractivity contribution in [2.24, 2.45) is 0 Å². The van der Waals surface area contributed by atoms with Gasteiger partial charge in [0.15, 0.2) is 0 Å². The van der Waals surface area contributed by atoms with Crippen molar-refractivity contribution < 1.29 is 9.72 Å². The first kappa shape index (κ1) is 18.6. The van der Waals surface area contributed by atoms with Gasteiger partial charge in [-0.1, -0.05) is 6.92 Å². The molecule has 2 rings (SSSR count). The van der Waals surface area contributed by atoms with Crippen LogP contribution < -0.4 is 10.6 Å². The third-order valence-electron chi connectivity index (χ3n) is 3.01. The summed E-state index contributed by atoms with van der Waals surface area (Å²) < 4.78 is 1.50. The van der Waals surface area contributed by atoms with Crippen molar-refractivity contribution in [1.29, 1.82) is 0 Å². The summed E-state index contributed by atoms with van der Waals surface area (Å²) >= 11 is 0. The number of hydrogen-bond acceptors (Lipinski definition) is 5. The van der Waals surface area contributed by atoms with E-state index < -0.39 is 4.92 Å². The van der Waals surface area contributed by atoms with Gasteiger partial charge in [0.2, 0.25) is 0 Å². The average Bonchev–Trinajstić information content (AvgIpc) is 3.01. The first-order chi connectivity index (χ1) is 10.6. The number of non-ortho nitro benzene ring substituents is 1. The second-order valence-corrected chi connectivity index (χ2v) is 4.56. The lowest BCUT2D eigenvalue weighted by atomic mass is 10.3. The summed E-state index contributed by atoms with van der Waals surface area (Å²) in [5.74, 6) is -0.203. The van der Waals surface area contributed by atoms with E-state index in [9.17, 15) is 14.9 Å². The van der Waals surface area contributed by atoms with Crippen LogP contribution in [0.4, 0.5) is 5.69 Å². The van der Waals surface area contributed by atoms with Crippen LogP contribution in [0.3, 0.4) is 0 Å². The van der Waals surface area contributed by atoms with Gasteiger partial charge in [-0.05, 0) is 18.7 Å². The Labute approximate surface area is 139 Å². The van der Waals surface area contributed by atoms with Crippen molar-refractivity contribution in [2.75, 3.05) is 19.6 Å². The molecule has 0 aliphatic rings. The van der Waals surface area contributed by atoms with Crippen molar-refractivity contribution in [3.8, 4) is 5.69 Å². The summed E-state index contributed by atoms with van der Waals surface area (Å²) in [6, 6.07) is 5.95. The molecule has 0 atom stereocenters. The molecule has 2 N–H and O–H groups in total. The number of nitrogens with one attached hydrogen (secondary N) is 2. The molecule has 1 amide bonds. The summed E-state index contributed by atoms with van der Waals surface area (Å²) in [5, 5.41) is 20.6. The number of amides is 1. The highest BCUT2D eigenvalue weighted by Crippen LogP contribution is 2.15. The fourth-order valence-corrected chi connectivity index (χ4v) is 1.85. The topological polar surface area (TPSA) is 102 Å². The molecule has 1 heterocycles. The van der Waals surface area contributed by atoms with E-state index in [-0.39, 0.29) is 24.0 Å². The molecule has 0 bridgehead atoms. The molecule has 0 unspecified atom stereocenters. The van der Waals surface area contributed by atoms with Gasteiger partial charge in [-0.2, -0.15) is 5.10 Å². The average molecular weight is 340 g/mol. The van der Waals surface area contributed by atoms with Gasteiger partial charge < -0.3 is 10.6 Å². The molecule has 0 fully saturated rings. The van der Waals surface area contributed by atoms with Crippen LogP contribution in [0, 0.1) is 10.1 Å². The molecule has 1 aromatic carbocycles. The maximum absolute atomic E-state index is 11.9. The third-order valence-corrected chi connectivity index (χ3v) is 3.01. The highest BCUT2D eigenvalue weighted by atomic mass is 35.5. The van der Waals surface area contributed by atoms with Gasteiger partial charge in [0, 0.05) is 31.4 Å². The van der Waals surface area contributed by atoms with E-state index in [2.05, 4.69) is 15.7 Å². The first-order valence-corrected chi connectivity index (χ1v) is 6.90. The zero-order chi connectivity index (χ0) is 15.9. The number of nitrogens with zero attached hydrogens (tertiary/aromatic N) is 3. The lowest BCUT2D eigenvalue weighted by Gasteiger charge is -2.03. The Morgan fingerprint density at radius 2 is 2.00 bits per heavy atom. The Balaban J connectivity index is 0.00000264. The minimum absolute atomic E-state index is 0. The first-order valence-electron chi connectivity index (χ1n) is 6.90. The van der Waals surface area contributed by atoms with E-state index in [4.69, 9.17) is 0 Å². The lowest BCUT2D eigenvalue weighted by Crippen LogP contribution is -2.31. The van der Waals surface area contributed by atoms with Crippen LogP contribution in [0.25, 0.3) is 5.69 Å². The van der Waals surface area contributed by atoms with Crippen LogP contribution in [0.1, 0.15) is 17.3 Å². The Hall–Kier alpha value is -2.45. The molecule has 2 aromatic rings. The van der Waals surface area contributed by atoms with E-state index in [1.165, 1.54) is 23.0 Å². The molecule has 0 saturated carbocycles. The number of hydrogen-bond donors (Lipinski definition) is 2. The SMILES string of the molecule is CCNCCNC(=O)c1cnn(-c2ccc([N+](=O)[O-])cc2)c1.Cl. The second-order valence-electron chi connectivity index (χ2n) is 4.56. The number of halogens is 1. The highest BCUT2D eigenvalue weighted by Gasteiger charge is 2.10. The number of likely N-dealkylation sites (N-methyl/N-ethyl adjacent to an activating group) is 1. The van der Waals surface area contributed by atoms with E-state index in [1.807, 2.05) is 6.92 Å². The molecule has 124 valence electrons. The van der Waals surface area contributed by atoms with Crippen molar-refractivity contribution in [2.45, 2.75) is 6.92 Å². The van der Waals surface area contributed by atoms with Crippen molar-refractivity contribution in [3.05, 3.63) is 52.3 Å². The van der Waals surface area contributed by atoms with Gasteiger partial charge in [0.05, 0.1) is 22.4 Å². The molecule has 1 aromatic heterocycles. The van der Waals surface area contributed by atoms with Crippen molar-refractivity contribution in [3.63, 3.8) is 0 Å². The monoisotopic (exact) mass is 339 g/mol. The largest absolute Gasteiger partial charge is 0.351 e. The van der Waals surface area contributed by atoms with Crippen LogP contribution in [0.2, 0.25) is 0 Å². The molecule has 9 heteroatoms. The molecule has 0 spiro atoms. The summed E-state index contributed by atoms with van der Waals surface area (Å²) in [7, 11) is 0. The van der Waals surface area contributed by atoms with Gasteiger partial charge in [-0.25, -0.2) is 4.68 Å². The summed E-state index contributed by atoms with van der Waals surface area (Å²) in [5.41, 5.74) is 1.10. The van der Waals surface area contributed by atoms with E-state index >= 15 is 0 Å². The minimum atomic E-state index is -0.462. The number of carbonyl (C=O) groups excluding carboxylic acids is 1. The standard InChI is InChI=1S/C14H17N5O3.ClH/c1-2-15-7-8-16-14(20)11-9-17-18(10-11)12-3-5-13(6-4-12)19(21)22;/h3-6,9-10,15H,2,7-8H2,1H3,(H,16,20);1H. The van der Waals surface area contributed by atoms with Gasteiger partial charge in [0.25, 0.3) is 11.6 Å². The molecule has 0 aliphatic heterocycles. The predicted molar refractivity (Wildman–Crippen MR) is 88.3 cm³/mol. The highest BCUT2D eigenvalue weighted by molar-refractivity contribution is 5.93. The van der Waals surface area contributed by atoms with Gasteiger partial charge >= 0.3 is 0 Å². The summed E-state index contributed by atoms with van der Waals surface area (Å²) in [6.45, 7) is 4.10. The normalized spacial score (nSPS) is 9.96. The van der Waals surface area contributed by atoms with Crippen LogP contribution in [-0.2, 0) is 0 Å². The van der Waals surface area contributed by atoms with Gasteiger partial charge in [-0.3, -0.25) is 14.9 Å². The van der Waals surface area contributed by atoms with E-state index in [1.54, 1.807) is 18.3 Å². The molecule has 0 saturated heterocycles. The van der Waals surface area contributed by atoms with E-state index in [0.29, 0.717) is 24.3 Å². The fourth-order valence-electron chi connectivity index (χ4n) is 1.85. The molecule has 23 heavy (non-hydrogen) atoms. The van der Waals surface area contributed by atoms with Crippen molar-refractivity contribution in [1.82, 2.24) is 20.4 Å². The zero-order valence-electron chi connectivity index (χ0n) is 12.6. The molecular formula is C14H18ClN5O3. The van der Waals surface area contributed by atoms with E-state index in [0.717, 1.165) is 6.54 Å². The Kier molecular flexibility index (Phi) is 7.17. The number of rotatable bonds is 7. The quantitative estimate of drug-likeness (QED) is 0.452. The Bertz CT molecular complexity index is 657. The number of nitro benzene ring substituents is 1. The summed E-state index contributed by atoms with van der Waals surface area (Å²) in [4.78, 5) is 22.1. The van der Waals surface area contributed by atoms with Crippen molar-refractivity contribution >= 4 is 24.0 Å². The zero-order valence-corrected chi connectivity index (χ0v) is 13.4. The maximum atomic E-state index is 11.9. The molecular weight excluding hydrogens is 322 g/mol. The number of carbonyl (C=O) groups is 1. The van der Waals surface area contributed by atoms with Crippen LogP contribution in [0.5, 0.6) is 0 Å². The fraction of sp³-hybridized carbons (Fsp3) is 0.286. The molecule has 8 nitrogen and oxygen atoms in total. The molecule has 0 radical (unpaired) electrons. The second kappa shape index (κ2) is 8.86. The van der Waals surface area contributed by atoms with Crippen LogP contribution in [0.15, 0.2) is 36.7 Å². The van der Waals surface area contributed by atoms with Gasteiger partial charge in [-0.15, -0.1) is 12.4 Å². The van der Waals surface area contributed by atoms with Gasteiger partial charge in [0.1, 0.15) is 0 Å². The Morgan fingerprint density at radius 1 is 1.30 bits per heavy atom.